The number of phosphoric ester groups is 1. The molecule has 7 nitrogen and oxygen atoms in total. The molecule has 0 amide bonds. The third-order valence-corrected chi connectivity index (χ3v) is 4.39. The number of aryl methyl sites for hydroxylation is 1. The summed E-state index contributed by atoms with van der Waals surface area (Å²) in [6, 6.07) is 7.93. The Bertz CT molecular complexity index is 723. The molecule has 0 unspecified atom stereocenters. The minimum Gasteiger partial charge on any atom is -0.390 e. The number of fused-ring (bicyclic) bond motifs is 1. The molecule has 1 aliphatic heterocycles. The smallest absolute Gasteiger partial charge is 0.390 e. The maximum absolute atomic E-state index is 10.7. The zero-order valence-electron chi connectivity index (χ0n) is 12.0. The maximum Gasteiger partial charge on any atom is 0.469 e. The fourth-order valence-electron chi connectivity index (χ4n) is 2.80. The lowest BCUT2D eigenvalue weighted by Gasteiger charge is -2.17. The van der Waals surface area contributed by atoms with Gasteiger partial charge >= 0.3 is 7.82 Å². The van der Waals surface area contributed by atoms with Gasteiger partial charge in [-0.25, -0.2) is 4.57 Å². The number of aromatic nitrogens is 1. The number of hydrogen-bond donors (Lipinski definition) is 3. The SMILES string of the molecule is Cc1cccc2c1ccn2[C@H]1C[C@H](O)[C@@H](COP(=O)(O)O)O1. The number of phosphoric acid groups is 1. The normalized spacial score (nSPS) is 25.9. The van der Waals surface area contributed by atoms with E-state index in [-0.39, 0.29) is 12.8 Å². The summed E-state index contributed by atoms with van der Waals surface area (Å²) in [7, 11) is -4.57. The molecular formula is C14H18NO6P. The molecule has 2 aromatic rings. The van der Waals surface area contributed by atoms with Crippen molar-refractivity contribution < 1.29 is 28.7 Å². The van der Waals surface area contributed by atoms with E-state index in [1.807, 2.05) is 42.0 Å². The van der Waals surface area contributed by atoms with Gasteiger partial charge in [0.25, 0.3) is 0 Å². The Morgan fingerprint density at radius 1 is 1.41 bits per heavy atom. The number of rotatable bonds is 4. The van der Waals surface area contributed by atoms with Crippen molar-refractivity contribution in [1.82, 2.24) is 4.57 Å². The second kappa shape index (κ2) is 5.77. The van der Waals surface area contributed by atoms with Crippen molar-refractivity contribution in [3.8, 4) is 0 Å². The van der Waals surface area contributed by atoms with Gasteiger partial charge in [-0.15, -0.1) is 0 Å². The number of ether oxygens (including phenoxy) is 1. The van der Waals surface area contributed by atoms with Gasteiger partial charge in [-0.2, -0.15) is 0 Å². The molecule has 2 heterocycles. The highest BCUT2D eigenvalue weighted by molar-refractivity contribution is 7.46. The molecule has 22 heavy (non-hydrogen) atoms. The van der Waals surface area contributed by atoms with E-state index in [4.69, 9.17) is 14.5 Å². The van der Waals surface area contributed by atoms with Crippen molar-refractivity contribution in [3.63, 3.8) is 0 Å². The van der Waals surface area contributed by atoms with Gasteiger partial charge in [-0.3, -0.25) is 4.52 Å². The third-order valence-electron chi connectivity index (χ3n) is 3.90. The first-order valence-corrected chi connectivity index (χ1v) is 8.48. The van der Waals surface area contributed by atoms with Gasteiger partial charge in [-0.05, 0) is 24.6 Å². The molecule has 0 saturated carbocycles. The molecule has 0 bridgehead atoms. The molecule has 1 fully saturated rings. The molecule has 1 aromatic heterocycles. The van der Waals surface area contributed by atoms with Crippen LogP contribution >= 0.6 is 7.82 Å². The van der Waals surface area contributed by atoms with E-state index in [9.17, 15) is 9.67 Å². The van der Waals surface area contributed by atoms with E-state index in [0.29, 0.717) is 6.42 Å². The van der Waals surface area contributed by atoms with Gasteiger partial charge < -0.3 is 24.2 Å². The fourth-order valence-corrected chi connectivity index (χ4v) is 3.14. The Balaban J connectivity index is 1.78. The average molecular weight is 327 g/mol. The van der Waals surface area contributed by atoms with Crippen molar-refractivity contribution in [3.05, 3.63) is 36.0 Å². The van der Waals surface area contributed by atoms with Crippen LogP contribution < -0.4 is 0 Å². The standard InChI is InChI=1S/C14H18NO6P/c1-9-3-2-4-11-10(9)5-6-15(11)14-7-12(16)13(21-14)8-20-22(17,18)19/h2-6,12-14,16H,7-8H2,1H3,(H2,17,18,19)/t12-,13+,14+/m0/s1. The van der Waals surface area contributed by atoms with Crippen LogP contribution in [0, 0.1) is 6.92 Å². The van der Waals surface area contributed by atoms with Crippen LogP contribution in [0.4, 0.5) is 0 Å². The molecule has 3 N–H and O–H groups in total. The predicted molar refractivity (Wildman–Crippen MR) is 79.2 cm³/mol. The highest BCUT2D eigenvalue weighted by Crippen LogP contribution is 2.39. The van der Waals surface area contributed by atoms with E-state index in [1.165, 1.54) is 0 Å². The number of aliphatic hydroxyl groups excluding tert-OH is 1. The quantitative estimate of drug-likeness (QED) is 0.739. The van der Waals surface area contributed by atoms with E-state index in [2.05, 4.69) is 4.52 Å². The highest BCUT2D eigenvalue weighted by Gasteiger charge is 2.36. The maximum atomic E-state index is 10.7. The first-order chi connectivity index (χ1) is 10.3. The summed E-state index contributed by atoms with van der Waals surface area (Å²) < 4.78 is 22.8. The first-order valence-electron chi connectivity index (χ1n) is 6.95. The Morgan fingerprint density at radius 2 is 2.18 bits per heavy atom. The zero-order valence-corrected chi connectivity index (χ0v) is 12.9. The van der Waals surface area contributed by atoms with Gasteiger partial charge in [0.1, 0.15) is 12.3 Å². The van der Waals surface area contributed by atoms with E-state index in [1.54, 1.807) is 0 Å². The Hall–Kier alpha value is -1.21. The highest BCUT2D eigenvalue weighted by atomic mass is 31.2. The zero-order chi connectivity index (χ0) is 15.9. The summed E-state index contributed by atoms with van der Waals surface area (Å²) in [5, 5.41) is 11.1. The van der Waals surface area contributed by atoms with E-state index >= 15 is 0 Å². The van der Waals surface area contributed by atoms with Crippen molar-refractivity contribution in [2.75, 3.05) is 6.61 Å². The number of nitrogens with zero attached hydrogens (tertiary/aromatic N) is 1. The van der Waals surface area contributed by atoms with E-state index < -0.39 is 20.0 Å². The lowest BCUT2D eigenvalue weighted by Crippen LogP contribution is -2.25. The summed E-state index contributed by atoms with van der Waals surface area (Å²) in [5.74, 6) is 0. The van der Waals surface area contributed by atoms with Gasteiger partial charge in [0.2, 0.25) is 0 Å². The fraction of sp³-hybridized carbons (Fsp3) is 0.429. The molecule has 1 aromatic carbocycles. The second-order valence-corrected chi connectivity index (χ2v) is 6.69. The monoisotopic (exact) mass is 327 g/mol. The average Bonchev–Trinajstić information content (AvgIpc) is 3.00. The van der Waals surface area contributed by atoms with Gasteiger partial charge in [0.05, 0.1) is 18.2 Å². The Morgan fingerprint density at radius 3 is 2.91 bits per heavy atom. The minimum absolute atomic E-state index is 0.340. The van der Waals surface area contributed by atoms with Crippen molar-refractivity contribution in [1.29, 1.82) is 0 Å². The molecule has 1 saturated heterocycles. The summed E-state index contributed by atoms with van der Waals surface area (Å²) in [5.41, 5.74) is 2.14. The molecule has 1 aliphatic rings. The molecule has 120 valence electrons. The molecule has 0 spiro atoms. The summed E-state index contributed by atoms with van der Waals surface area (Å²) in [4.78, 5) is 17.5. The first kappa shape index (κ1) is 15.7. The third kappa shape index (κ3) is 3.10. The molecular weight excluding hydrogens is 309 g/mol. The molecule has 8 heteroatoms. The Kier molecular flexibility index (Phi) is 4.11. The molecule has 3 rings (SSSR count). The number of hydrogen-bond acceptors (Lipinski definition) is 4. The van der Waals surface area contributed by atoms with Crippen LogP contribution in [0.15, 0.2) is 30.5 Å². The lowest BCUT2D eigenvalue weighted by atomic mass is 10.1. The van der Waals surface area contributed by atoms with Crippen LogP contribution in [0.25, 0.3) is 10.9 Å². The van der Waals surface area contributed by atoms with Crippen LogP contribution in [0.3, 0.4) is 0 Å². The van der Waals surface area contributed by atoms with Gasteiger partial charge in [0, 0.05) is 18.0 Å². The predicted octanol–water partition coefficient (Wildman–Crippen LogP) is 1.71. The summed E-state index contributed by atoms with van der Waals surface area (Å²) >= 11 is 0. The molecule has 0 radical (unpaired) electrons. The van der Waals surface area contributed by atoms with Crippen LogP contribution in [-0.4, -0.2) is 38.3 Å². The van der Waals surface area contributed by atoms with Crippen LogP contribution in [-0.2, 0) is 13.8 Å². The van der Waals surface area contributed by atoms with Crippen molar-refractivity contribution in [2.24, 2.45) is 0 Å². The van der Waals surface area contributed by atoms with Crippen LogP contribution in [0.1, 0.15) is 18.2 Å². The summed E-state index contributed by atoms with van der Waals surface area (Å²) in [6.07, 6.45) is 0.243. The second-order valence-electron chi connectivity index (χ2n) is 5.45. The number of benzene rings is 1. The number of aliphatic hydroxyl groups is 1. The van der Waals surface area contributed by atoms with Gasteiger partial charge in [0.15, 0.2) is 0 Å². The largest absolute Gasteiger partial charge is 0.469 e. The van der Waals surface area contributed by atoms with Crippen LogP contribution in [0.5, 0.6) is 0 Å². The van der Waals surface area contributed by atoms with Crippen LogP contribution in [0.2, 0.25) is 0 Å². The lowest BCUT2D eigenvalue weighted by molar-refractivity contribution is -0.0421. The topological polar surface area (TPSA) is 101 Å². The molecule has 3 atom stereocenters. The molecule has 0 aliphatic carbocycles. The Labute approximate surface area is 127 Å². The minimum atomic E-state index is -4.57. The van der Waals surface area contributed by atoms with Gasteiger partial charge in [-0.1, -0.05) is 12.1 Å². The van der Waals surface area contributed by atoms with E-state index in [0.717, 1.165) is 16.5 Å². The van der Waals surface area contributed by atoms with Crippen molar-refractivity contribution in [2.45, 2.75) is 31.8 Å². The summed E-state index contributed by atoms with van der Waals surface area (Å²) in [6.45, 7) is 1.67. The van der Waals surface area contributed by atoms with Crippen molar-refractivity contribution >= 4 is 18.7 Å².